The van der Waals surface area contributed by atoms with Crippen molar-refractivity contribution < 1.29 is 27.1 Å². The van der Waals surface area contributed by atoms with Crippen molar-refractivity contribution in [3.05, 3.63) is 100 Å². The third kappa shape index (κ3) is 5.78. The molecule has 2 aliphatic rings. The Bertz CT molecular complexity index is 1690. The number of aryl methyl sites for hydroxylation is 1. The lowest BCUT2D eigenvalue weighted by molar-refractivity contribution is -0.122. The van der Waals surface area contributed by atoms with Crippen molar-refractivity contribution in [3.63, 3.8) is 0 Å². The Morgan fingerprint density at radius 3 is 2.20 bits per heavy atom. The second-order valence-corrected chi connectivity index (χ2v) is 12.7. The molecule has 1 aromatic heterocycles. The summed E-state index contributed by atoms with van der Waals surface area (Å²) in [6.45, 7) is 1.53. The summed E-state index contributed by atoms with van der Waals surface area (Å²) >= 11 is 6.37. The fourth-order valence-electron chi connectivity index (χ4n) is 5.08. The molecule has 1 N–H and O–H groups in total. The van der Waals surface area contributed by atoms with Crippen LogP contribution in [0.3, 0.4) is 0 Å². The summed E-state index contributed by atoms with van der Waals surface area (Å²) in [6, 6.07) is 20.5. The molecule has 0 atom stereocenters. The number of carbonyl (C=O) groups is 1. The van der Waals surface area contributed by atoms with Crippen molar-refractivity contribution in [2.75, 3.05) is 4.31 Å². The molecule has 214 valence electrons. The molecule has 0 saturated heterocycles. The molecule has 4 aromatic rings. The molecule has 6 nitrogen and oxygen atoms in total. The highest BCUT2D eigenvalue weighted by molar-refractivity contribution is 7.92. The van der Waals surface area contributed by atoms with E-state index in [9.17, 15) is 17.2 Å². The van der Waals surface area contributed by atoms with Gasteiger partial charge in [0.2, 0.25) is 0 Å². The quantitative estimate of drug-likeness (QED) is 0.210. The third-order valence-electron chi connectivity index (χ3n) is 7.51. The molecule has 2 saturated carbocycles. The maximum Gasteiger partial charge on any atom is 0.290 e. The lowest BCUT2D eigenvalue weighted by Crippen LogP contribution is -2.32. The van der Waals surface area contributed by atoms with E-state index in [1.807, 2.05) is 31.2 Å². The Morgan fingerprint density at radius 2 is 1.61 bits per heavy atom. The van der Waals surface area contributed by atoms with Gasteiger partial charge in [0.1, 0.15) is 5.82 Å². The van der Waals surface area contributed by atoms with E-state index in [-0.39, 0.29) is 28.5 Å². The zero-order valence-electron chi connectivity index (χ0n) is 22.3. The van der Waals surface area contributed by atoms with Crippen molar-refractivity contribution in [3.8, 4) is 0 Å². The van der Waals surface area contributed by atoms with Gasteiger partial charge in [-0.05, 0) is 61.8 Å². The summed E-state index contributed by atoms with van der Waals surface area (Å²) in [5.41, 5.74) is 1.94. The molecule has 10 heteroatoms. The van der Waals surface area contributed by atoms with Crippen LogP contribution in [0.2, 0.25) is 5.02 Å². The van der Waals surface area contributed by atoms with Crippen LogP contribution in [0.15, 0.2) is 77.7 Å². The van der Waals surface area contributed by atoms with E-state index in [0.717, 1.165) is 34.9 Å². The Morgan fingerprint density at radius 1 is 1.00 bits per heavy atom. The molecule has 2 fully saturated rings. The van der Waals surface area contributed by atoms with Crippen molar-refractivity contribution in [2.45, 2.75) is 55.9 Å². The fraction of sp³-hybridized carbons (Fsp3) is 0.290. The number of hydrogen-bond acceptors (Lipinski definition) is 4. The number of anilines is 1. The van der Waals surface area contributed by atoms with Crippen LogP contribution in [0.25, 0.3) is 10.8 Å². The maximum atomic E-state index is 14.8. The van der Waals surface area contributed by atoms with Gasteiger partial charge in [0.05, 0.1) is 22.2 Å². The summed E-state index contributed by atoms with van der Waals surface area (Å²) in [6.07, 6.45) is 2.98. The molecular formula is C31H29ClF2N2O4S. The van der Waals surface area contributed by atoms with Crippen molar-refractivity contribution >= 4 is 44.7 Å². The third-order valence-corrected chi connectivity index (χ3v) is 9.57. The SMILES string of the molecule is Cc1c(N(Cc2ccc(C(F)(F)C3CC3)c(Cl)c2)S(=O)(=O)c2ccccc2)nc(C2CC2)c2ccccc12.O=CO. The number of carboxylic acid groups (broad SMARTS) is 1. The van der Waals surface area contributed by atoms with Crippen molar-refractivity contribution in [2.24, 2.45) is 5.92 Å². The van der Waals surface area contributed by atoms with Crippen LogP contribution in [0.5, 0.6) is 0 Å². The number of aromatic nitrogens is 1. The topological polar surface area (TPSA) is 87.6 Å². The zero-order valence-corrected chi connectivity index (χ0v) is 23.9. The van der Waals surface area contributed by atoms with Crippen molar-refractivity contribution in [1.29, 1.82) is 0 Å². The van der Waals surface area contributed by atoms with E-state index in [0.29, 0.717) is 30.1 Å². The van der Waals surface area contributed by atoms with Gasteiger partial charge in [-0.15, -0.1) is 0 Å². The normalized spacial score (nSPS) is 15.2. The number of benzene rings is 3. The van der Waals surface area contributed by atoms with Gasteiger partial charge in [-0.25, -0.2) is 26.5 Å². The van der Waals surface area contributed by atoms with Gasteiger partial charge in [-0.1, -0.05) is 66.2 Å². The molecule has 0 amide bonds. The Hall–Kier alpha value is -3.56. The Labute approximate surface area is 242 Å². The van der Waals surface area contributed by atoms with Crippen molar-refractivity contribution in [1.82, 2.24) is 4.98 Å². The van der Waals surface area contributed by atoms with E-state index < -0.39 is 21.9 Å². The highest BCUT2D eigenvalue weighted by Gasteiger charge is 2.49. The average Bonchev–Trinajstić information content (AvgIpc) is 3.87. The van der Waals surface area contributed by atoms with Gasteiger partial charge in [0, 0.05) is 28.3 Å². The highest BCUT2D eigenvalue weighted by atomic mass is 35.5. The number of pyridine rings is 1. The van der Waals surface area contributed by atoms with Gasteiger partial charge in [-0.2, -0.15) is 0 Å². The van der Waals surface area contributed by atoms with Gasteiger partial charge >= 0.3 is 0 Å². The molecule has 0 bridgehead atoms. The van der Waals surface area contributed by atoms with E-state index >= 15 is 0 Å². The highest BCUT2D eigenvalue weighted by Crippen LogP contribution is 2.51. The average molecular weight is 599 g/mol. The van der Waals surface area contributed by atoms with E-state index in [1.54, 1.807) is 36.4 Å². The molecule has 0 spiro atoms. The monoisotopic (exact) mass is 598 g/mol. The van der Waals surface area contributed by atoms with Gasteiger partial charge < -0.3 is 5.11 Å². The van der Waals surface area contributed by atoms with Gasteiger partial charge in [-0.3, -0.25) is 4.79 Å². The van der Waals surface area contributed by atoms with Crippen LogP contribution in [0.1, 0.15) is 54.0 Å². The Kier molecular flexibility index (Phi) is 8.03. The lowest BCUT2D eigenvalue weighted by atomic mass is 10.0. The number of rotatable bonds is 8. The second kappa shape index (κ2) is 11.4. The number of hydrogen-bond donors (Lipinski definition) is 1. The first-order chi connectivity index (χ1) is 19.6. The van der Waals surface area contributed by atoms with Crippen LogP contribution < -0.4 is 4.31 Å². The van der Waals surface area contributed by atoms with E-state index in [1.165, 1.54) is 16.4 Å². The predicted molar refractivity (Wildman–Crippen MR) is 155 cm³/mol. The molecule has 0 aliphatic heterocycles. The maximum absolute atomic E-state index is 14.8. The predicted octanol–water partition coefficient (Wildman–Crippen LogP) is 7.67. The number of alkyl halides is 2. The molecule has 0 radical (unpaired) electrons. The molecule has 41 heavy (non-hydrogen) atoms. The lowest BCUT2D eigenvalue weighted by Gasteiger charge is -2.27. The molecule has 2 aliphatic carbocycles. The summed E-state index contributed by atoms with van der Waals surface area (Å²) in [7, 11) is -4.04. The minimum atomic E-state index is -4.04. The number of halogens is 3. The van der Waals surface area contributed by atoms with E-state index in [2.05, 4.69) is 0 Å². The number of nitrogens with zero attached hydrogens (tertiary/aromatic N) is 2. The van der Waals surface area contributed by atoms with Gasteiger partial charge in [0.25, 0.3) is 22.4 Å². The molecule has 6 rings (SSSR count). The first-order valence-electron chi connectivity index (χ1n) is 13.3. The first kappa shape index (κ1) is 29.0. The van der Waals surface area contributed by atoms with Crippen LogP contribution >= 0.6 is 11.6 Å². The van der Waals surface area contributed by atoms with Crippen LogP contribution in [-0.2, 0) is 27.3 Å². The number of fused-ring (bicyclic) bond motifs is 1. The summed E-state index contributed by atoms with van der Waals surface area (Å²) in [4.78, 5) is 13.4. The van der Waals surface area contributed by atoms with Crippen LogP contribution in [-0.4, -0.2) is 25.0 Å². The number of sulfonamides is 1. The first-order valence-corrected chi connectivity index (χ1v) is 15.1. The molecule has 3 aromatic carbocycles. The fourth-order valence-corrected chi connectivity index (χ4v) is 6.88. The van der Waals surface area contributed by atoms with E-state index in [4.69, 9.17) is 26.5 Å². The zero-order chi connectivity index (χ0) is 29.4. The summed E-state index contributed by atoms with van der Waals surface area (Å²) < 4.78 is 59.0. The molecule has 1 heterocycles. The minimum Gasteiger partial charge on any atom is -0.483 e. The van der Waals surface area contributed by atoms with Crippen LogP contribution in [0.4, 0.5) is 14.6 Å². The largest absolute Gasteiger partial charge is 0.483 e. The minimum absolute atomic E-state index is 0.0571. The Balaban J connectivity index is 0.00000108. The standard InChI is InChI=1S/C30H27ClF2N2O2S.CH2O2/c1-19-24-9-5-6-10-25(24)28(21-12-13-21)34-29(19)35(38(36,37)23-7-3-2-4-8-23)18-20-11-16-26(27(31)17-20)30(32,33)22-14-15-22;2-1-3/h2-11,16-17,21-22H,12-15,18H2,1H3;1H,(H,2,3). The van der Waals surface area contributed by atoms with Gasteiger partial charge in [0.15, 0.2) is 0 Å². The summed E-state index contributed by atoms with van der Waals surface area (Å²) in [5, 5.41) is 8.81. The molecule has 0 unspecified atom stereocenters. The van der Waals surface area contributed by atoms with Crippen LogP contribution in [0, 0.1) is 12.8 Å². The molecular weight excluding hydrogens is 570 g/mol. The summed E-state index contributed by atoms with van der Waals surface area (Å²) in [5.74, 6) is -3.05. The smallest absolute Gasteiger partial charge is 0.290 e. The second-order valence-electron chi connectivity index (χ2n) is 10.4.